The third kappa shape index (κ3) is 11.1. The lowest BCUT2D eigenvalue weighted by atomic mass is 10.1. The van der Waals surface area contributed by atoms with Crippen LogP contribution in [0.5, 0.6) is 0 Å². The summed E-state index contributed by atoms with van der Waals surface area (Å²) in [5, 5.41) is 2.48. The molecule has 0 rings (SSSR count). The summed E-state index contributed by atoms with van der Waals surface area (Å²) < 4.78 is 4.80. The van der Waals surface area contributed by atoms with E-state index in [0.717, 1.165) is 12.8 Å². The van der Waals surface area contributed by atoms with E-state index in [1.54, 1.807) is 13.0 Å². The van der Waals surface area contributed by atoms with Crippen LogP contribution in [0.15, 0.2) is 24.4 Å². The van der Waals surface area contributed by atoms with Crippen LogP contribution in [0.3, 0.4) is 0 Å². The highest BCUT2D eigenvalue weighted by molar-refractivity contribution is 5.97. The summed E-state index contributed by atoms with van der Waals surface area (Å²) in [5.74, 6) is -0.0379. The Morgan fingerprint density at radius 3 is 2.18 bits per heavy atom. The second-order valence-electron chi connectivity index (χ2n) is 5.36. The maximum absolute atomic E-state index is 12.0. The Hall–Kier alpha value is -1.58. The number of carbonyl (C=O) groups excluding carboxylic acids is 2. The highest BCUT2D eigenvalue weighted by Gasteiger charge is 2.12. The van der Waals surface area contributed by atoms with E-state index in [0.29, 0.717) is 12.1 Å². The van der Waals surface area contributed by atoms with E-state index in [-0.39, 0.29) is 12.4 Å². The molecule has 4 heteroatoms. The molecule has 126 valence electrons. The smallest absolute Gasteiger partial charge is 0.412 e. The predicted molar refractivity (Wildman–Crippen MR) is 90.7 cm³/mol. The van der Waals surface area contributed by atoms with E-state index in [2.05, 4.69) is 18.8 Å². The van der Waals surface area contributed by atoms with Crippen LogP contribution in [0.4, 0.5) is 4.79 Å². The summed E-state index contributed by atoms with van der Waals surface area (Å²) in [4.78, 5) is 23.4. The second-order valence-corrected chi connectivity index (χ2v) is 5.36. The lowest BCUT2D eigenvalue weighted by Crippen LogP contribution is -2.28. The average Bonchev–Trinajstić information content (AvgIpc) is 2.52. The number of carbonyl (C=O) groups is 2. The molecule has 0 saturated heterocycles. The van der Waals surface area contributed by atoms with Crippen molar-refractivity contribution in [3.05, 3.63) is 24.4 Å². The Bertz CT molecular complexity index is 361. The molecule has 0 aromatic carbocycles. The van der Waals surface area contributed by atoms with Gasteiger partial charge in [-0.1, -0.05) is 70.6 Å². The SMILES string of the molecule is C=CCOC(=O)N/C(=C\C)C(=O)CCCCCCCCCC. The van der Waals surface area contributed by atoms with Gasteiger partial charge in [-0.2, -0.15) is 0 Å². The number of hydrogen-bond acceptors (Lipinski definition) is 3. The molecular formula is C18H31NO3. The van der Waals surface area contributed by atoms with Gasteiger partial charge in [-0.05, 0) is 13.3 Å². The van der Waals surface area contributed by atoms with Crippen LogP contribution < -0.4 is 5.32 Å². The van der Waals surface area contributed by atoms with Crippen molar-refractivity contribution in [1.29, 1.82) is 0 Å². The Labute approximate surface area is 135 Å². The Morgan fingerprint density at radius 2 is 1.64 bits per heavy atom. The summed E-state index contributed by atoms with van der Waals surface area (Å²) in [7, 11) is 0. The topological polar surface area (TPSA) is 55.4 Å². The highest BCUT2D eigenvalue weighted by Crippen LogP contribution is 2.11. The molecular weight excluding hydrogens is 278 g/mol. The van der Waals surface area contributed by atoms with Crippen LogP contribution >= 0.6 is 0 Å². The number of alkyl carbamates (subject to hydrolysis) is 1. The van der Waals surface area contributed by atoms with Crippen LogP contribution in [0.25, 0.3) is 0 Å². The number of ketones is 1. The van der Waals surface area contributed by atoms with Crippen molar-refractivity contribution >= 4 is 11.9 Å². The first-order chi connectivity index (χ1) is 10.7. The summed E-state index contributed by atoms with van der Waals surface area (Å²) in [6, 6.07) is 0. The number of nitrogens with one attached hydrogen (secondary N) is 1. The highest BCUT2D eigenvalue weighted by atomic mass is 16.5. The number of allylic oxidation sites excluding steroid dienone is 2. The molecule has 0 bridgehead atoms. The zero-order valence-corrected chi connectivity index (χ0v) is 14.2. The number of Topliss-reactive ketones (excluding diaryl/α,β-unsaturated/α-hetero) is 1. The molecule has 0 unspecified atom stereocenters. The lowest BCUT2D eigenvalue weighted by Gasteiger charge is -2.08. The van der Waals surface area contributed by atoms with Crippen molar-refractivity contribution in [2.45, 2.75) is 71.6 Å². The van der Waals surface area contributed by atoms with Crippen molar-refractivity contribution in [1.82, 2.24) is 5.32 Å². The number of rotatable bonds is 13. The monoisotopic (exact) mass is 309 g/mol. The molecule has 0 aromatic heterocycles. The minimum absolute atomic E-state index is 0.0379. The molecule has 0 radical (unpaired) electrons. The first-order valence-corrected chi connectivity index (χ1v) is 8.39. The van der Waals surface area contributed by atoms with Crippen molar-refractivity contribution in [3.8, 4) is 0 Å². The summed E-state index contributed by atoms with van der Waals surface area (Å²) in [6.45, 7) is 7.54. The maximum Gasteiger partial charge on any atom is 0.412 e. The van der Waals surface area contributed by atoms with Gasteiger partial charge in [0.25, 0.3) is 0 Å². The molecule has 0 fully saturated rings. The van der Waals surface area contributed by atoms with E-state index >= 15 is 0 Å². The van der Waals surface area contributed by atoms with Gasteiger partial charge in [-0.15, -0.1) is 0 Å². The fourth-order valence-electron chi connectivity index (χ4n) is 2.14. The molecule has 0 heterocycles. The third-order valence-electron chi connectivity index (χ3n) is 3.42. The van der Waals surface area contributed by atoms with Gasteiger partial charge in [0.05, 0.1) is 5.70 Å². The first kappa shape index (κ1) is 20.4. The fourth-order valence-corrected chi connectivity index (χ4v) is 2.14. The predicted octanol–water partition coefficient (Wildman–Crippen LogP) is 4.90. The molecule has 0 aliphatic carbocycles. The molecule has 0 aliphatic heterocycles. The van der Waals surface area contributed by atoms with Gasteiger partial charge < -0.3 is 4.74 Å². The molecule has 4 nitrogen and oxygen atoms in total. The zero-order chi connectivity index (χ0) is 16.6. The molecule has 0 atom stereocenters. The molecule has 1 amide bonds. The van der Waals surface area contributed by atoms with E-state index < -0.39 is 6.09 Å². The number of ether oxygens (including phenoxy) is 1. The van der Waals surface area contributed by atoms with Gasteiger partial charge >= 0.3 is 6.09 Å². The second kappa shape index (κ2) is 14.4. The zero-order valence-electron chi connectivity index (χ0n) is 14.2. The van der Waals surface area contributed by atoms with Crippen LogP contribution in [0, 0.1) is 0 Å². The van der Waals surface area contributed by atoms with Crippen molar-refractivity contribution in [2.24, 2.45) is 0 Å². The van der Waals surface area contributed by atoms with E-state index in [1.165, 1.54) is 44.6 Å². The third-order valence-corrected chi connectivity index (χ3v) is 3.42. The first-order valence-electron chi connectivity index (χ1n) is 8.39. The van der Waals surface area contributed by atoms with Crippen LogP contribution in [0.2, 0.25) is 0 Å². The Balaban J connectivity index is 3.79. The molecule has 0 spiro atoms. The van der Waals surface area contributed by atoms with Crippen molar-refractivity contribution in [2.75, 3.05) is 6.61 Å². The molecule has 0 aliphatic rings. The van der Waals surface area contributed by atoms with E-state index in [9.17, 15) is 9.59 Å². The average molecular weight is 309 g/mol. The normalized spacial score (nSPS) is 11.1. The molecule has 0 saturated carbocycles. The van der Waals surface area contributed by atoms with Gasteiger partial charge in [0.15, 0.2) is 5.78 Å². The van der Waals surface area contributed by atoms with Gasteiger partial charge in [-0.3, -0.25) is 10.1 Å². The van der Waals surface area contributed by atoms with Crippen LogP contribution in [0.1, 0.15) is 71.6 Å². The van der Waals surface area contributed by atoms with E-state index in [4.69, 9.17) is 4.74 Å². The quantitative estimate of drug-likeness (QED) is 0.299. The molecule has 22 heavy (non-hydrogen) atoms. The summed E-state index contributed by atoms with van der Waals surface area (Å²) in [6.07, 6.45) is 12.5. The largest absolute Gasteiger partial charge is 0.445 e. The Morgan fingerprint density at radius 1 is 1.05 bits per heavy atom. The van der Waals surface area contributed by atoms with Crippen molar-refractivity contribution < 1.29 is 14.3 Å². The lowest BCUT2D eigenvalue weighted by molar-refractivity contribution is -0.116. The maximum atomic E-state index is 12.0. The van der Waals surface area contributed by atoms with Gasteiger partial charge in [0.1, 0.15) is 6.61 Å². The summed E-state index contributed by atoms with van der Waals surface area (Å²) >= 11 is 0. The number of unbranched alkanes of at least 4 members (excludes halogenated alkanes) is 7. The van der Waals surface area contributed by atoms with Gasteiger partial charge in [0.2, 0.25) is 0 Å². The van der Waals surface area contributed by atoms with E-state index in [1.807, 2.05) is 0 Å². The minimum Gasteiger partial charge on any atom is -0.445 e. The fraction of sp³-hybridized carbons (Fsp3) is 0.667. The molecule has 0 aromatic rings. The summed E-state index contributed by atoms with van der Waals surface area (Å²) in [5.41, 5.74) is 0.317. The standard InChI is InChI=1S/C18H31NO3/c1-4-7-8-9-10-11-12-13-14-17(20)16(6-3)19-18(21)22-15-5-2/h5-6H,2,4,7-15H2,1,3H3,(H,19,21)/b16-6-. The van der Waals surface area contributed by atoms with Crippen LogP contribution in [-0.4, -0.2) is 18.5 Å². The molecule has 1 N–H and O–H groups in total. The number of hydrogen-bond donors (Lipinski definition) is 1. The van der Waals surface area contributed by atoms with Gasteiger partial charge in [-0.25, -0.2) is 4.79 Å². The Kier molecular flexibility index (Phi) is 13.3. The van der Waals surface area contributed by atoms with Crippen molar-refractivity contribution in [3.63, 3.8) is 0 Å². The van der Waals surface area contributed by atoms with Crippen LogP contribution in [-0.2, 0) is 9.53 Å². The number of amides is 1. The minimum atomic E-state index is -0.614. The van der Waals surface area contributed by atoms with Gasteiger partial charge in [0, 0.05) is 6.42 Å².